The highest BCUT2D eigenvalue weighted by Gasteiger charge is 2.10. The summed E-state index contributed by atoms with van der Waals surface area (Å²) in [6.45, 7) is 3.53. The topological polar surface area (TPSA) is 101 Å². The Morgan fingerprint density at radius 2 is 2.05 bits per heavy atom. The fourth-order valence-electron chi connectivity index (χ4n) is 1.53. The van der Waals surface area contributed by atoms with Gasteiger partial charge < -0.3 is 10.7 Å². The summed E-state index contributed by atoms with van der Waals surface area (Å²) in [6.07, 6.45) is 0. The summed E-state index contributed by atoms with van der Waals surface area (Å²) in [4.78, 5) is 11.8. The van der Waals surface area contributed by atoms with Crippen LogP contribution in [0.25, 0.3) is 0 Å². The highest BCUT2D eigenvalue weighted by atomic mass is 32.2. The Labute approximate surface area is 113 Å². The van der Waals surface area contributed by atoms with E-state index in [1.807, 2.05) is 6.92 Å². The number of amides is 1. The fourth-order valence-corrected chi connectivity index (χ4v) is 2.24. The van der Waals surface area contributed by atoms with Gasteiger partial charge in [0.05, 0.1) is 11.4 Å². The summed E-state index contributed by atoms with van der Waals surface area (Å²) >= 11 is 0. The maximum atomic E-state index is 11.8. The van der Waals surface area contributed by atoms with Crippen LogP contribution >= 0.6 is 0 Å². The molecule has 7 heteroatoms. The van der Waals surface area contributed by atoms with E-state index in [-0.39, 0.29) is 24.0 Å². The second-order valence-corrected chi connectivity index (χ2v) is 6.64. The number of carbonyl (C=O) groups excluding carboxylic acids is 1. The van der Waals surface area contributed by atoms with Crippen LogP contribution in [0.15, 0.2) is 18.2 Å². The monoisotopic (exact) mass is 285 g/mol. The molecular weight excluding hydrogens is 266 g/mol. The van der Waals surface area contributed by atoms with Gasteiger partial charge in [0.1, 0.15) is 0 Å². The molecule has 0 spiro atoms. The second-order valence-electron chi connectivity index (χ2n) is 4.17. The number of nitrogens with one attached hydrogen (secondary N) is 2. The van der Waals surface area contributed by atoms with Crippen molar-refractivity contribution in [3.8, 4) is 0 Å². The molecule has 0 aliphatic rings. The molecule has 0 radical (unpaired) electrons. The van der Waals surface area contributed by atoms with Crippen molar-refractivity contribution >= 4 is 21.4 Å². The van der Waals surface area contributed by atoms with Crippen molar-refractivity contribution in [1.82, 2.24) is 5.32 Å². The molecule has 0 fully saturated rings. The molecule has 0 heterocycles. The Hall–Kier alpha value is -1.60. The van der Waals surface area contributed by atoms with E-state index < -0.39 is 9.84 Å². The molecule has 0 saturated carbocycles. The smallest absolute Gasteiger partial charge is 0.251 e. The third-order valence-corrected chi connectivity index (χ3v) is 4.49. The zero-order valence-electron chi connectivity index (χ0n) is 11.1. The van der Waals surface area contributed by atoms with E-state index in [9.17, 15) is 13.2 Å². The van der Waals surface area contributed by atoms with Gasteiger partial charge >= 0.3 is 0 Å². The first-order valence-corrected chi connectivity index (χ1v) is 7.77. The number of nitrogen functional groups attached to an aromatic ring is 1. The van der Waals surface area contributed by atoms with Gasteiger partial charge in [0, 0.05) is 17.9 Å². The van der Waals surface area contributed by atoms with Crippen LogP contribution in [0.2, 0.25) is 0 Å². The van der Waals surface area contributed by atoms with Crippen LogP contribution in [0.1, 0.15) is 22.8 Å². The lowest BCUT2D eigenvalue weighted by Crippen LogP contribution is -2.29. The number of benzene rings is 1. The largest absolute Gasteiger partial charge is 0.351 e. The van der Waals surface area contributed by atoms with Crippen LogP contribution in [-0.2, 0) is 9.84 Å². The Balaban J connectivity index is 2.62. The van der Waals surface area contributed by atoms with Gasteiger partial charge in [-0.15, -0.1) is 0 Å². The molecule has 19 heavy (non-hydrogen) atoms. The SMILES string of the molecule is CCS(=O)(=O)CCNC(=O)c1ccc(NN)c(C)c1. The zero-order chi connectivity index (χ0) is 14.5. The molecule has 1 aromatic carbocycles. The van der Waals surface area contributed by atoms with Crippen LogP contribution < -0.4 is 16.6 Å². The number of nitrogens with two attached hydrogens (primary N) is 1. The van der Waals surface area contributed by atoms with E-state index in [0.717, 1.165) is 11.3 Å². The molecule has 106 valence electrons. The first-order valence-electron chi connectivity index (χ1n) is 5.95. The van der Waals surface area contributed by atoms with E-state index >= 15 is 0 Å². The zero-order valence-corrected chi connectivity index (χ0v) is 11.9. The lowest BCUT2D eigenvalue weighted by atomic mass is 10.1. The van der Waals surface area contributed by atoms with E-state index in [1.165, 1.54) is 0 Å². The minimum absolute atomic E-state index is 0.0450. The Morgan fingerprint density at radius 3 is 2.58 bits per heavy atom. The molecule has 4 N–H and O–H groups in total. The Bertz CT molecular complexity index is 555. The molecule has 1 amide bonds. The highest BCUT2D eigenvalue weighted by molar-refractivity contribution is 7.91. The minimum atomic E-state index is -3.06. The molecule has 0 unspecified atom stereocenters. The summed E-state index contributed by atoms with van der Waals surface area (Å²) in [5.41, 5.74) is 4.58. The third-order valence-electron chi connectivity index (χ3n) is 2.78. The summed E-state index contributed by atoms with van der Waals surface area (Å²) in [5, 5.41) is 2.58. The van der Waals surface area contributed by atoms with Crippen LogP contribution in [0.3, 0.4) is 0 Å². The second kappa shape index (κ2) is 6.53. The van der Waals surface area contributed by atoms with Crippen LogP contribution in [0.4, 0.5) is 5.69 Å². The van der Waals surface area contributed by atoms with Crippen molar-refractivity contribution in [3.05, 3.63) is 29.3 Å². The van der Waals surface area contributed by atoms with Crippen molar-refractivity contribution in [3.63, 3.8) is 0 Å². The lowest BCUT2D eigenvalue weighted by Gasteiger charge is -2.08. The first kappa shape index (κ1) is 15.5. The predicted molar refractivity (Wildman–Crippen MR) is 75.7 cm³/mol. The van der Waals surface area contributed by atoms with Crippen molar-refractivity contribution in [2.75, 3.05) is 23.5 Å². The van der Waals surface area contributed by atoms with Gasteiger partial charge in [-0.1, -0.05) is 6.92 Å². The van der Waals surface area contributed by atoms with Gasteiger partial charge in [-0.05, 0) is 30.7 Å². The third kappa shape index (κ3) is 4.53. The number of rotatable bonds is 6. The number of hydrogen-bond acceptors (Lipinski definition) is 5. The molecule has 0 bridgehead atoms. The van der Waals surface area contributed by atoms with Gasteiger partial charge in [0.25, 0.3) is 5.91 Å². The van der Waals surface area contributed by atoms with Crippen LogP contribution in [-0.4, -0.2) is 32.4 Å². The van der Waals surface area contributed by atoms with Gasteiger partial charge in [0.2, 0.25) is 0 Å². The van der Waals surface area contributed by atoms with Crippen molar-refractivity contribution in [2.45, 2.75) is 13.8 Å². The van der Waals surface area contributed by atoms with Crippen LogP contribution in [0.5, 0.6) is 0 Å². The maximum Gasteiger partial charge on any atom is 0.251 e. The summed E-state index contributed by atoms with van der Waals surface area (Å²) in [7, 11) is -3.06. The van der Waals surface area contributed by atoms with Gasteiger partial charge in [-0.25, -0.2) is 8.42 Å². The summed E-state index contributed by atoms with van der Waals surface area (Å²) in [6, 6.07) is 5.03. The predicted octanol–water partition coefficient (Wildman–Crippen LogP) is 0.445. The molecule has 0 atom stereocenters. The van der Waals surface area contributed by atoms with E-state index in [2.05, 4.69) is 10.7 Å². The molecule has 0 aromatic heterocycles. The Morgan fingerprint density at radius 1 is 1.37 bits per heavy atom. The molecular formula is C12H19N3O3S. The highest BCUT2D eigenvalue weighted by Crippen LogP contribution is 2.14. The molecule has 1 rings (SSSR count). The van der Waals surface area contributed by atoms with Crippen LogP contribution in [0, 0.1) is 6.92 Å². The lowest BCUT2D eigenvalue weighted by molar-refractivity contribution is 0.0956. The van der Waals surface area contributed by atoms with E-state index in [1.54, 1.807) is 25.1 Å². The number of aryl methyl sites for hydroxylation is 1. The number of anilines is 1. The standard InChI is InChI=1S/C12H19N3O3S/c1-3-19(17,18)7-6-14-12(16)10-4-5-11(15-13)9(2)8-10/h4-5,8,15H,3,6-7,13H2,1-2H3,(H,14,16). The average molecular weight is 285 g/mol. The van der Waals surface area contributed by atoms with Gasteiger partial charge in [-0.2, -0.15) is 0 Å². The first-order chi connectivity index (χ1) is 8.89. The van der Waals surface area contributed by atoms with Gasteiger partial charge in [0.15, 0.2) is 9.84 Å². The molecule has 0 aliphatic heterocycles. The number of hydrazine groups is 1. The fraction of sp³-hybridized carbons (Fsp3) is 0.417. The summed E-state index contributed by atoms with van der Waals surface area (Å²) in [5.74, 6) is 5.05. The summed E-state index contributed by atoms with van der Waals surface area (Å²) < 4.78 is 22.6. The van der Waals surface area contributed by atoms with E-state index in [0.29, 0.717) is 5.56 Å². The molecule has 6 nitrogen and oxygen atoms in total. The van der Waals surface area contributed by atoms with Crippen molar-refractivity contribution < 1.29 is 13.2 Å². The number of carbonyl (C=O) groups is 1. The maximum absolute atomic E-state index is 11.8. The molecule has 0 aliphatic carbocycles. The minimum Gasteiger partial charge on any atom is -0.351 e. The number of hydrogen-bond donors (Lipinski definition) is 3. The quantitative estimate of drug-likeness (QED) is 0.520. The van der Waals surface area contributed by atoms with Crippen molar-refractivity contribution in [2.24, 2.45) is 5.84 Å². The van der Waals surface area contributed by atoms with E-state index in [4.69, 9.17) is 5.84 Å². The van der Waals surface area contributed by atoms with Gasteiger partial charge in [-0.3, -0.25) is 10.6 Å². The molecule has 0 saturated heterocycles. The molecule has 1 aromatic rings. The average Bonchev–Trinajstić information content (AvgIpc) is 2.38. The van der Waals surface area contributed by atoms with Crippen molar-refractivity contribution in [1.29, 1.82) is 0 Å². The normalized spacial score (nSPS) is 11.1. The number of sulfone groups is 1. The Kier molecular flexibility index (Phi) is 5.31.